The standard InChI is InChI=1S/C18H22O2/c1-4-12-8-7-9-14(10-12)16-11-13(5-2)15(6-3)17(19)18(16)20/h7-11,19-20H,4-6H2,1-3H3. The van der Waals surface area contributed by atoms with E-state index < -0.39 is 0 Å². The van der Waals surface area contributed by atoms with Crippen LogP contribution >= 0.6 is 0 Å². The van der Waals surface area contributed by atoms with Gasteiger partial charge in [-0.3, -0.25) is 0 Å². The number of phenols is 2. The molecule has 0 aliphatic rings. The second kappa shape index (κ2) is 6.00. The minimum atomic E-state index is -0.00713. The van der Waals surface area contributed by atoms with Gasteiger partial charge in [0.05, 0.1) is 0 Å². The summed E-state index contributed by atoms with van der Waals surface area (Å²) in [6.45, 7) is 6.16. The maximum atomic E-state index is 10.3. The zero-order valence-corrected chi connectivity index (χ0v) is 12.4. The van der Waals surface area contributed by atoms with E-state index in [1.807, 2.05) is 25.1 Å². The molecule has 0 saturated heterocycles. The van der Waals surface area contributed by atoms with E-state index in [1.165, 1.54) is 5.56 Å². The van der Waals surface area contributed by atoms with Gasteiger partial charge in [-0.25, -0.2) is 0 Å². The SMILES string of the molecule is CCc1cccc(-c2cc(CC)c(CC)c(O)c2O)c1. The summed E-state index contributed by atoms with van der Waals surface area (Å²) in [5.74, 6) is 0.0241. The molecule has 0 radical (unpaired) electrons. The van der Waals surface area contributed by atoms with Crippen LogP contribution in [0.2, 0.25) is 0 Å². The molecule has 2 aromatic carbocycles. The fraction of sp³-hybridized carbons (Fsp3) is 0.333. The van der Waals surface area contributed by atoms with Crippen molar-refractivity contribution >= 4 is 0 Å². The minimum Gasteiger partial charge on any atom is -0.504 e. The summed E-state index contributed by atoms with van der Waals surface area (Å²) in [4.78, 5) is 0. The van der Waals surface area contributed by atoms with Crippen LogP contribution in [0.25, 0.3) is 11.1 Å². The van der Waals surface area contributed by atoms with E-state index in [0.717, 1.165) is 36.0 Å². The predicted molar refractivity (Wildman–Crippen MR) is 83.3 cm³/mol. The first-order chi connectivity index (χ1) is 9.62. The monoisotopic (exact) mass is 270 g/mol. The summed E-state index contributed by atoms with van der Waals surface area (Å²) >= 11 is 0. The van der Waals surface area contributed by atoms with Crippen molar-refractivity contribution in [1.29, 1.82) is 0 Å². The molecular formula is C18H22O2. The van der Waals surface area contributed by atoms with Gasteiger partial charge in [0.1, 0.15) is 0 Å². The number of rotatable bonds is 4. The molecule has 0 aromatic heterocycles. The molecule has 2 N–H and O–H groups in total. The van der Waals surface area contributed by atoms with Gasteiger partial charge in [-0.15, -0.1) is 0 Å². The maximum absolute atomic E-state index is 10.3. The van der Waals surface area contributed by atoms with Gasteiger partial charge in [-0.1, -0.05) is 45.0 Å². The van der Waals surface area contributed by atoms with Crippen molar-refractivity contribution in [2.75, 3.05) is 0 Å². The predicted octanol–water partition coefficient (Wildman–Crippen LogP) is 4.45. The maximum Gasteiger partial charge on any atom is 0.165 e. The van der Waals surface area contributed by atoms with Crippen LogP contribution < -0.4 is 0 Å². The molecule has 0 spiro atoms. The Morgan fingerprint density at radius 1 is 0.850 bits per heavy atom. The Morgan fingerprint density at radius 3 is 2.20 bits per heavy atom. The second-order valence-electron chi connectivity index (χ2n) is 5.02. The average Bonchev–Trinajstić information content (AvgIpc) is 2.49. The lowest BCUT2D eigenvalue weighted by Gasteiger charge is -2.15. The van der Waals surface area contributed by atoms with Crippen LogP contribution in [0, 0.1) is 0 Å². The molecule has 0 bridgehead atoms. The van der Waals surface area contributed by atoms with E-state index >= 15 is 0 Å². The van der Waals surface area contributed by atoms with E-state index in [1.54, 1.807) is 0 Å². The highest BCUT2D eigenvalue weighted by Crippen LogP contribution is 2.41. The molecule has 0 saturated carbocycles. The molecule has 20 heavy (non-hydrogen) atoms. The third-order valence-electron chi connectivity index (χ3n) is 3.85. The quantitative estimate of drug-likeness (QED) is 0.806. The summed E-state index contributed by atoms with van der Waals surface area (Å²) in [5, 5.41) is 20.5. The molecule has 2 nitrogen and oxygen atoms in total. The number of hydrogen-bond acceptors (Lipinski definition) is 2. The van der Waals surface area contributed by atoms with E-state index in [-0.39, 0.29) is 11.5 Å². The Bertz CT molecular complexity index is 615. The van der Waals surface area contributed by atoms with Crippen molar-refractivity contribution < 1.29 is 10.2 Å². The van der Waals surface area contributed by atoms with Crippen LogP contribution in [0.4, 0.5) is 0 Å². The largest absolute Gasteiger partial charge is 0.504 e. The second-order valence-corrected chi connectivity index (χ2v) is 5.02. The Hall–Kier alpha value is -1.96. The van der Waals surface area contributed by atoms with Crippen molar-refractivity contribution in [2.24, 2.45) is 0 Å². The van der Waals surface area contributed by atoms with Gasteiger partial charge in [0, 0.05) is 11.1 Å². The molecule has 0 unspecified atom stereocenters. The van der Waals surface area contributed by atoms with Crippen molar-refractivity contribution in [3.05, 3.63) is 47.0 Å². The molecule has 0 aliphatic heterocycles. The number of benzene rings is 2. The first kappa shape index (κ1) is 14.4. The van der Waals surface area contributed by atoms with Gasteiger partial charge in [-0.05, 0) is 42.0 Å². The van der Waals surface area contributed by atoms with Gasteiger partial charge < -0.3 is 10.2 Å². The van der Waals surface area contributed by atoms with E-state index in [4.69, 9.17) is 0 Å². The van der Waals surface area contributed by atoms with E-state index in [9.17, 15) is 10.2 Å². The van der Waals surface area contributed by atoms with Crippen LogP contribution in [0.1, 0.15) is 37.5 Å². The summed E-state index contributed by atoms with van der Waals surface area (Å²) in [7, 11) is 0. The lowest BCUT2D eigenvalue weighted by molar-refractivity contribution is 0.400. The molecule has 0 heterocycles. The van der Waals surface area contributed by atoms with Gasteiger partial charge in [0.15, 0.2) is 11.5 Å². The minimum absolute atomic E-state index is 0.00713. The molecular weight excluding hydrogens is 248 g/mol. The Balaban J connectivity index is 2.64. The van der Waals surface area contributed by atoms with Crippen LogP contribution in [0.5, 0.6) is 11.5 Å². The van der Waals surface area contributed by atoms with E-state index in [2.05, 4.69) is 26.0 Å². The summed E-state index contributed by atoms with van der Waals surface area (Å²) in [6, 6.07) is 10.1. The lowest BCUT2D eigenvalue weighted by atomic mass is 9.93. The zero-order chi connectivity index (χ0) is 14.7. The summed E-state index contributed by atoms with van der Waals surface area (Å²) in [5.41, 5.74) is 4.83. The third kappa shape index (κ3) is 2.51. The Morgan fingerprint density at radius 2 is 1.60 bits per heavy atom. The van der Waals surface area contributed by atoms with Crippen molar-refractivity contribution in [3.8, 4) is 22.6 Å². The highest BCUT2D eigenvalue weighted by atomic mass is 16.3. The lowest BCUT2D eigenvalue weighted by Crippen LogP contribution is -1.94. The molecule has 2 aromatic rings. The van der Waals surface area contributed by atoms with E-state index in [0.29, 0.717) is 5.56 Å². The number of phenolic OH excluding ortho intramolecular Hbond substituents is 2. The fourth-order valence-electron chi connectivity index (χ4n) is 2.64. The molecule has 0 atom stereocenters. The molecule has 0 fully saturated rings. The Labute approximate surface area is 120 Å². The van der Waals surface area contributed by atoms with Crippen LogP contribution in [-0.2, 0) is 19.3 Å². The van der Waals surface area contributed by atoms with Gasteiger partial charge in [-0.2, -0.15) is 0 Å². The zero-order valence-electron chi connectivity index (χ0n) is 12.4. The molecule has 106 valence electrons. The molecule has 2 rings (SSSR count). The highest BCUT2D eigenvalue weighted by Gasteiger charge is 2.16. The third-order valence-corrected chi connectivity index (χ3v) is 3.85. The first-order valence-corrected chi connectivity index (χ1v) is 7.28. The van der Waals surface area contributed by atoms with Gasteiger partial charge >= 0.3 is 0 Å². The van der Waals surface area contributed by atoms with Crippen molar-refractivity contribution in [2.45, 2.75) is 40.0 Å². The highest BCUT2D eigenvalue weighted by molar-refractivity contribution is 5.76. The molecule has 0 amide bonds. The van der Waals surface area contributed by atoms with Gasteiger partial charge in [0.2, 0.25) is 0 Å². The summed E-state index contributed by atoms with van der Waals surface area (Å²) in [6.07, 6.45) is 2.52. The molecule has 2 heteroatoms. The van der Waals surface area contributed by atoms with Crippen molar-refractivity contribution in [3.63, 3.8) is 0 Å². The summed E-state index contributed by atoms with van der Waals surface area (Å²) < 4.78 is 0. The Kier molecular flexibility index (Phi) is 4.33. The number of aryl methyl sites for hydroxylation is 2. The fourth-order valence-corrected chi connectivity index (χ4v) is 2.64. The normalized spacial score (nSPS) is 10.8. The molecule has 0 aliphatic carbocycles. The average molecular weight is 270 g/mol. The van der Waals surface area contributed by atoms with Crippen LogP contribution in [-0.4, -0.2) is 10.2 Å². The van der Waals surface area contributed by atoms with Crippen LogP contribution in [0.15, 0.2) is 30.3 Å². The number of hydrogen-bond donors (Lipinski definition) is 2. The first-order valence-electron chi connectivity index (χ1n) is 7.28. The smallest absolute Gasteiger partial charge is 0.165 e. The van der Waals surface area contributed by atoms with Gasteiger partial charge in [0.25, 0.3) is 0 Å². The van der Waals surface area contributed by atoms with Crippen LogP contribution in [0.3, 0.4) is 0 Å². The topological polar surface area (TPSA) is 40.5 Å². The number of aromatic hydroxyl groups is 2. The van der Waals surface area contributed by atoms with Crippen molar-refractivity contribution in [1.82, 2.24) is 0 Å².